The number of ether oxygens (including phenoxy) is 1. The molecule has 0 aliphatic carbocycles. The van der Waals surface area contributed by atoms with Gasteiger partial charge in [0.15, 0.2) is 0 Å². The van der Waals surface area contributed by atoms with E-state index in [0.717, 1.165) is 5.56 Å². The first-order valence-corrected chi connectivity index (χ1v) is 7.59. The van der Waals surface area contributed by atoms with Gasteiger partial charge in [-0.1, -0.05) is 30.3 Å². The second-order valence-electron chi connectivity index (χ2n) is 4.05. The van der Waals surface area contributed by atoms with E-state index in [0.29, 0.717) is 0 Å². The number of methoxy groups -OCH3 is 1. The molecule has 0 aromatic heterocycles. The molecule has 0 aliphatic heterocycles. The van der Waals surface area contributed by atoms with Gasteiger partial charge >= 0.3 is 13.6 Å². The highest BCUT2D eigenvalue weighted by molar-refractivity contribution is 7.53. The fraction of sp³-hybridized carbons (Fsp3) is 0.462. The van der Waals surface area contributed by atoms with Crippen LogP contribution in [0, 0.1) is 0 Å². The Morgan fingerprint density at radius 2 is 1.74 bits per heavy atom. The first-order valence-electron chi connectivity index (χ1n) is 5.87. The van der Waals surface area contributed by atoms with Gasteiger partial charge in [0.2, 0.25) is 0 Å². The van der Waals surface area contributed by atoms with E-state index in [1.165, 1.54) is 21.3 Å². The van der Waals surface area contributed by atoms with Crippen molar-refractivity contribution in [1.82, 2.24) is 0 Å². The van der Waals surface area contributed by atoms with Crippen LogP contribution in [-0.2, 0) is 23.1 Å². The van der Waals surface area contributed by atoms with E-state index in [1.807, 2.05) is 30.3 Å². The predicted molar refractivity (Wildman–Crippen MR) is 72.3 cm³/mol. The summed E-state index contributed by atoms with van der Waals surface area (Å²) in [5.74, 6) is -0.619. The van der Waals surface area contributed by atoms with Gasteiger partial charge in [0, 0.05) is 20.1 Å². The fourth-order valence-corrected chi connectivity index (χ4v) is 3.12. The van der Waals surface area contributed by atoms with E-state index in [-0.39, 0.29) is 24.5 Å². The van der Waals surface area contributed by atoms with Crippen LogP contribution in [0.1, 0.15) is 17.9 Å². The molecule has 5 nitrogen and oxygen atoms in total. The molecule has 1 aromatic carbocycles. The Hall–Kier alpha value is -1.16. The van der Waals surface area contributed by atoms with Crippen molar-refractivity contribution < 1.29 is 23.1 Å². The molecule has 0 bridgehead atoms. The molecular weight excluding hydrogens is 267 g/mol. The average molecular weight is 286 g/mol. The lowest BCUT2D eigenvalue weighted by atomic mass is 9.98. The third-order valence-corrected chi connectivity index (χ3v) is 4.91. The minimum absolute atomic E-state index is 0.136. The Morgan fingerprint density at radius 1 is 1.16 bits per heavy atom. The summed E-state index contributed by atoms with van der Waals surface area (Å²) >= 11 is 0. The molecule has 0 saturated heterocycles. The van der Waals surface area contributed by atoms with Crippen LogP contribution in [0.4, 0.5) is 0 Å². The van der Waals surface area contributed by atoms with Gasteiger partial charge in [0.1, 0.15) is 0 Å². The summed E-state index contributed by atoms with van der Waals surface area (Å²) in [6, 6.07) is 9.37. The van der Waals surface area contributed by atoms with Crippen molar-refractivity contribution in [3.8, 4) is 0 Å². The minimum atomic E-state index is -3.18. The van der Waals surface area contributed by atoms with Crippen LogP contribution in [0.3, 0.4) is 0 Å². The van der Waals surface area contributed by atoms with Crippen LogP contribution in [0.5, 0.6) is 0 Å². The first kappa shape index (κ1) is 15.9. The van der Waals surface area contributed by atoms with Gasteiger partial charge in [-0.25, -0.2) is 0 Å². The molecule has 0 fully saturated rings. The van der Waals surface area contributed by atoms with Crippen LogP contribution in [0.2, 0.25) is 0 Å². The van der Waals surface area contributed by atoms with Crippen molar-refractivity contribution in [2.45, 2.75) is 12.3 Å². The van der Waals surface area contributed by atoms with E-state index < -0.39 is 7.60 Å². The quantitative estimate of drug-likeness (QED) is 0.569. The number of hydrogen-bond donors (Lipinski definition) is 0. The molecule has 0 radical (unpaired) electrons. The highest BCUT2D eigenvalue weighted by atomic mass is 31.2. The number of hydrogen-bond acceptors (Lipinski definition) is 5. The topological polar surface area (TPSA) is 61.8 Å². The van der Waals surface area contributed by atoms with Gasteiger partial charge < -0.3 is 13.8 Å². The van der Waals surface area contributed by atoms with Crippen molar-refractivity contribution in [2.75, 3.05) is 27.5 Å². The van der Waals surface area contributed by atoms with Crippen LogP contribution < -0.4 is 0 Å². The van der Waals surface area contributed by atoms with Crippen molar-refractivity contribution in [3.05, 3.63) is 35.9 Å². The molecule has 1 rings (SSSR count). The highest BCUT2D eigenvalue weighted by Crippen LogP contribution is 2.50. The monoisotopic (exact) mass is 286 g/mol. The Morgan fingerprint density at radius 3 is 2.21 bits per heavy atom. The van der Waals surface area contributed by atoms with Gasteiger partial charge in [-0.2, -0.15) is 0 Å². The van der Waals surface area contributed by atoms with Crippen molar-refractivity contribution in [3.63, 3.8) is 0 Å². The van der Waals surface area contributed by atoms with Crippen molar-refractivity contribution in [2.24, 2.45) is 0 Å². The lowest BCUT2D eigenvalue weighted by molar-refractivity contribution is -0.140. The Kier molecular flexibility index (Phi) is 6.22. The predicted octanol–water partition coefficient (Wildman–Crippen LogP) is 2.82. The van der Waals surface area contributed by atoms with Crippen LogP contribution >= 0.6 is 7.60 Å². The Labute approximate surface area is 113 Å². The molecule has 0 heterocycles. The first-order chi connectivity index (χ1) is 9.04. The molecular formula is C13H19O5P. The summed E-state index contributed by atoms with van der Waals surface area (Å²) in [4.78, 5) is 11.5. The molecule has 106 valence electrons. The maximum atomic E-state index is 12.2. The molecule has 1 aromatic rings. The van der Waals surface area contributed by atoms with Crippen LogP contribution in [0.15, 0.2) is 30.3 Å². The maximum absolute atomic E-state index is 12.2. The summed E-state index contributed by atoms with van der Waals surface area (Å²) in [6.07, 6.45) is 0.274. The third kappa shape index (κ3) is 4.78. The molecule has 19 heavy (non-hydrogen) atoms. The number of carbonyl (C=O) groups is 1. The Balaban J connectivity index is 2.93. The van der Waals surface area contributed by atoms with Crippen LogP contribution in [-0.4, -0.2) is 33.5 Å². The largest absolute Gasteiger partial charge is 0.469 e. The minimum Gasteiger partial charge on any atom is -0.469 e. The molecule has 1 atom stereocenters. The second-order valence-corrected chi connectivity index (χ2v) is 6.36. The smallest absolute Gasteiger partial charge is 0.330 e. The maximum Gasteiger partial charge on any atom is 0.330 e. The number of rotatable bonds is 7. The number of benzene rings is 1. The van der Waals surface area contributed by atoms with Gasteiger partial charge in [0.25, 0.3) is 0 Å². The van der Waals surface area contributed by atoms with E-state index >= 15 is 0 Å². The SMILES string of the molecule is COC(=O)CC(CP(=O)(OC)OC)c1ccccc1. The van der Waals surface area contributed by atoms with E-state index in [4.69, 9.17) is 9.05 Å². The zero-order valence-electron chi connectivity index (χ0n) is 11.4. The number of esters is 1. The number of carbonyl (C=O) groups excluding carboxylic acids is 1. The lowest BCUT2D eigenvalue weighted by Crippen LogP contribution is -2.13. The zero-order valence-corrected chi connectivity index (χ0v) is 12.3. The molecule has 1 unspecified atom stereocenters. The zero-order chi connectivity index (χ0) is 14.3. The molecule has 0 aliphatic rings. The standard InChI is InChI=1S/C13H19O5P/c1-16-13(14)9-12(10-19(15,17-2)18-3)11-7-5-4-6-8-11/h4-8,12H,9-10H2,1-3H3. The second kappa shape index (κ2) is 7.43. The molecule has 0 spiro atoms. The summed E-state index contributed by atoms with van der Waals surface area (Å²) in [5.41, 5.74) is 0.905. The molecule has 6 heteroatoms. The summed E-state index contributed by atoms with van der Waals surface area (Å²) in [5, 5.41) is 0. The van der Waals surface area contributed by atoms with Gasteiger partial charge in [0.05, 0.1) is 19.7 Å². The normalized spacial score (nSPS) is 13.0. The molecule has 0 N–H and O–H groups in total. The average Bonchev–Trinajstić information content (AvgIpc) is 2.47. The van der Waals surface area contributed by atoms with Gasteiger partial charge in [-0.3, -0.25) is 9.36 Å². The third-order valence-electron chi connectivity index (χ3n) is 2.91. The van der Waals surface area contributed by atoms with E-state index in [9.17, 15) is 9.36 Å². The summed E-state index contributed by atoms with van der Waals surface area (Å²) in [6.45, 7) is 0. The van der Waals surface area contributed by atoms with Crippen molar-refractivity contribution in [1.29, 1.82) is 0 Å². The van der Waals surface area contributed by atoms with E-state index in [2.05, 4.69) is 4.74 Å². The van der Waals surface area contributed by atoms with Gasteiger partial charge in [-0.15, -0.1) is 0 Å². The van der Waals surface area contributed by atoms with Crippen LogP contribution in [0.25, 0.3) is 0 Å². The lowest BCUT2D eigenvalue weighted by Gasteiger charge is -2.21. The molecule has 0 saturated carbocycles. The highest BCUT2D eigenvalue weighted by Gasteiger charge is 2.29. The summed E-state index contributed by atoms with van der Waals surface area (Å²) in [7, 11) is 0.828. The fourth-order valence-electron chi connectivity index (χ4n) is 1.79. The molecule has 0 amide bonds. The Bertz CT molecular complexity index is 438. The van der Waals surface area contributed by atoms with E-state index in [1.54, 1.807) is 0 Å². The van der Waals surface area contributed by atoms with Crippen molar-refractivity contribution >= 4 is 13.6 Å². The van der Waals surface area contributed by atoms with Gasteiger partial charge in [-0.05, 0) is 5.56 Å². The summed E-state index contributed by atoms with van der Waals surface area (Å²) < 4.78 is 26.8.